The molecule has 0 radical (unpaired) electrons. The molecule has 1 amide bonds. The van der Waals surface area contributed by atoms with E-state index >= 15 is 0 Å². The minimum atomic E-state index is -0.438. The Morgan fingerprint density at radius 3 is 2.50 bits per heavy atom. The number of hydrogen-bond donors (Lipinski definition) is 1. The Bertz CT molecular complexity index is 1510. The fourth-order valence-corrected chi connectivity index (χ4v) is 4.69. The normalized spacial score (nSPS) is 14.5. The highest BCUT2D eigenvalue weighted by atomic mass is 19.1. The highest BCUT2D eigenvalue weighted by Gasteiger charge is 2.22. The fourth-order valence-electron chi connectivity index (χ4n) is 4.69. The Hall–Kier alpha value is -3.75. The van der Waals surface area contributed by atoms with Crippen molar-refractivity contribution >= 4 is 22.6 Å². The molecule has 34 heavy (non-hydrogen) atoms. The van der Waals surface area contributed by atoms with Gasteiger partial charge in [0, 0.05) is 17.6 Å². The number of halogens is 1. The molecule has 5 rings (SSSR count). The molecule has 2 heterocycles. The summed E-state index contributed by atoms with van der Waals surface area (Å²) in [5, 5.41) is 7.84. The van der Waals surface area contributed by atoms with E-state index in [0.29, 0.717) is 22.0 Å². The van der Waals surface area contributed by atoms with Crippen molar-refractivity contribution in [3.05, 3.63) is 80.2 Å². The maximum absolute atomic E-state index is 13.4. The number of carbonyl (C=O) groups is 1. The standard InChI is InChI=1S/C25H26FN5O3/c1-15(2)30-23(33)20-12-9-17(22(32)27-19-5-3-4-6-19)13-21(20)31-24(30)28-29(25(31)34)14-16-7-10-18(26)11-8-16/h7-13,15,19H,3-6,14H2,1-2H3,(H,27,32). The van der Waals surface area contributed by atoms with Crippen LogP contribution in [0.3, 0.4) is 0 Å². The van der Waals surface area contributed by atoms with E-state index < -0.39 is 5.69 Å². The number of nitrogens with zero attached hydrogens (tertiary/aromatic N) is 4. The van der Waals surface area contributed by atoms with Gasteiger partial charge in [-0.25, -0.2) is 18.3 Å². The molecule has 8 nitrogen and oxygen atoms in total. The number of aromatic nitrogens is 4. The maximum atomic E-state index is 13.4. The summed E-state index contributed by atoms with van der Waals surface area (Å²) in [5.74, 6) is -0.385. The number of nitrogens with one attached hydrogen (secondary N) is 1. The number of rotatable bonds is 5. The number of carbonyl (C=O) groups excluding carboxylic acids is 1. The van der Waals surface area contributed by atoms with Crippen LogP contribution in [-0.2, 0) is 6.54 Å². The van der Waals surface area contributed by atoms with Crippen molar-refractivity contribution in [2.75, 3.05) is 0 Å². The summed E-state index contributed by atoms with van der Waals surface area (Å²) in [7, 11) is 0. The summed E-state index contributed by atoms with van der Waals surface area (Å²) in [6.07, 6.45) is 4.11. The molecule has 176 valence electrons. The molecule has 2 aromatic carbocycles. The molecule has 1 aliphatic rings. The number of hydrogen-bond acceptors (Lipinski definition) is 4. The van der Waals surface area contributed by atoms with Gasteiger partial charge < -0.3 is 5.32 Å². The third kappa shape index (κ3) is 3.81. The second kappa shape index (κ2) is 8.55. The minimum Gasteiger partial charge on any atom is -0.349 e. The van der Waals surface area contributed by atoms with E-state index in [2.05, 4.69) is 10.4 Å². The van der Waals surface area contributed by atoms with Crippen molar-refractivity contribution in [2.24, 2.45) is 0 Å². The summed E-state index contributed by atoms with van der Waals surface area (Å²) in [4.78, 5) is 39.6. The molecular formula is C25H26FN5O3. The van der Waals surface area contributed by atoms with Crippen molar-refractivity contribution in [1.82, 2.24) is 24.1 Å². The Kier molecular flexibility index (Phi) is 5.55. The van der Waals surface area contributed by atoms with Gasteiger partial charge >= 0.3 is 5.69 Å². The lowest BCUT2D eigenvalue weighted by atomic mass is 10.1. The topological polar surface area (TPSA) is 90.4 Å². The first-order valence-corrected chi connectivity index (χ1v) is 11.6. The first-order chi connectivity index (χ1) is 16.3. The summed E-state index contributed by atoms with van der Waals surface area (Å²) in [6.45, 7) is 3.82. The van der Waals surface area contributed by atoms with Crippen LogP contribution in [0.1, 0.15) is 61.5 Å². The van der Waals surface area contributed by atoms with Crippen molar-refractivity contribution in [2.45, 2.75) is 58.2 Å². The number of benzene rings is 2. The highest BCUT2D eigenvalue weighted by Crippen LogP contribution is 2.20. The molecule has 0 unspecified atom stereocenters. The minimum absolute atomic E-state index is 0.121. The zero-order chi connectivity index (χ0) is 24.0. The van der Waals surface area contributed by atoms with Crippen LogP contribution < -0.4 is 16.6 Å². The number of fused-ring (bicyclic) bond motifs is 3. The zero-order valence-electron chi connectivity index (χ0n) is 19.1. The average molecular weight is 464 g/mol. The molecule has 9 heteroatoms. The first kappa shape index (κ1) is 22.1. The Morgan fingerprint density at radius 2 is 1.82 bits per heavy atom. The lowest BCUT2D eigenvalue weighted by Gasteiger charge is -2.14. The van der Waals surface area contributed by atoms with Crippen LogP contribution in [0.15, 0.2) is 52.1 Å². The quantitative estimate of drug-likeness (QED) is 0.492. The van der Waals surface area contributed by atoms with E-state index in [-0.39, 0.29) is 41.7 Å². The molecule has 0 saturated heterocycles. The molecule has 0 bridgehead atoms. The van der Waals surface area contributed by atoms with Gasteiger partial charge in [0.25, 0.3) is 11.5 Å². The van der Waals surface area contributed by atoms with Gasteiger partial charge in [0.05, 0.1) is 17.4 Å². The lowest BCUT2D eigenvalue weighted by Crippen LogP contribution is -2.33. The molecule has 4 aromatic rings. The van der Waals surface area contributed by atoms with Crippen LogP contribution in [0.4, 0.5) is 4.39 Å². The monoisotopic (exact) mass is 463 g/mol. The van der Waals surface area contributed by atoms with Crippen molar-refractivity contribution in [3.63, 3.8) is 0 Å². The smallest absolute Gasteiger partial charge is 0.349 e. The van der Waals surface area contributed by atoms with Crippen LogP contribution in [-0.4, -0.2) is 30.7 Å². The summed E-state index contributed by atoms with van der Waals surface area (Å²) in [5.41, 5.74) is 0.712. The largest absolute Gasteiger partial charge is 0.352 e. The Balaban J connectivity index is 1.68. The van der Waals surface area contributed by atoms with E-state index in [9.17, 15) is 18.8 Å². The Morgan fingerprint density at radius 1 is 1.12 bits per heavy atom. The number of amides is 1. The van der Waals surface area contributed by atoms with Crippen molar-refractivity contribution in [1.29, 1.82) is 0 Å². The molecular weight excluding hydrogens is 437 g/mol. The third-order valence-corrected chi connectivity index (χ3v) is 6.44. The zero-order valence-corrected chi connectivity index (χ0v) is 19.1. The molecule has 2 aromatic heterocycles. The van der Waals surface area contributed by atoms with Crippen molar-refractivity contribution in [3.8, 4) is 0 Å². The highest BCUT2D eigenvalue weighted by molar-refractivity contribution is 5.98. The van der Waals surface area contributed by atoms with Crippen LogP contribution in [0.25, 0.3) is 16.7 Å². The second-order valence-electron chi connectivity index (χ2n) is 9.16. The first-order valence-electron chi connectivity index (χ1n) is 11.6. The van der Waals surface area contributed by atoms with E-state index in [1.807, 2.05) is 13.8 Å². The molecule has 0 aliphatic heterocycles. The third-order valence-electron chi connectivity index (χ3n) is 6.44. The summed E-state index contributed by atoms with van der Waals surface area (Å²) in [6, 6.07) is 10.5. The van der Waals surface area contributed by atoms with E-state index in [0.717, 1.165) is 25.7 Å². The predicted octanol–water partition coefficient (Wildman–Crippen LogP) is 3.25. The van der Waals surface area contributed by atoms with E-state index in [1.165, 1.54) is 25.8 Å². The Labute approximate surface area is 194 Å². The van der Waals surface area contributed by atoms with Gasteiger partial charge in [0.1, 0.15) is 5.82 Å². The molecule has 1 saturated carbocycles. The molecule has 1 aliphatic carbocycles. The SMILES string of the molecule is CC(C)n1c(=O)c2ccc(C(=O)NC3CCCC3)cc2n2c(=O)n(Cc3ccc(F)cc3)nc12. The average Bonchev–Trinajstić information content (AvgIpc) is 3.43. The van der Waals surface area contributed by atoms with Gasteiger partial charge in [0.15, 0.2) is 0 Å². The molecule has 1 fully saturated rings. The van der Waals surface area contributed by atoms with Crippen molar-refractivity contribution < 1.29 is 9.18 Å². The van der Waals surface area contributed by atoms with Gasteiger partial charge in [0.2, 0.25) is 5.78 Å². The molecule has 1 N–H and O–H groups in total. The lowest BCUT2D eigenvalue weighted by molar-refractivity contribution is 0.0938. The molecule has 0 atom stereocenters. The van der Waals surface area contributed by atoms with Crippen LogP contribution >= 0.6 is 0 Å². The van der Waals surface area contributed by atoms with Gasteiger partial charge in [-0.2, -0.15) is 0 Å². The maximum Gasteiger partial charge on any atom is 0.352 e. The van der Waals surface area contributed by atoms with Gasteiger partial charge in [-0.3, -0.25) is 14.2 Å². The second-order valence-corrected chi connectivity index (χ2v) is 9.16. The van der Waals surface area contributed by atoms with E-state index in [4.69, 9.17) is 0 Å². The predicted molar refractivity (Wildman–Crippen MR) is 127 cm³/mol. The van der Waals surface area contributed by atoms with Crippen LogP contribution in [0.2, 0.25) is 0 Å². The van der Waals surface area contributed by atoms with Gasteiger partial charge in [-0.05, 0) is 62.6 Å². The van der Waals surface area contributed by atoms with E-state index in [1.54, 1.807) is 30.3 Å². The van der Waals surface area contributed by atoms with Crippen LogP contribution in [0, 0.1) is 5.82 Å². The van der Waals surface area contributed by atoms with Gasteiger partial charge in [-0.1, -0.05) is 25.0 Å². The van der Waals surface area contributed by atoms with Gasteiger partial charge in [-0.15, -0.1) is 5.10 Å². The fraction of sp³-hybridized carbons (Fsp3) is 0.360. The summed E-state index contributed by atoms with van der Waals surface area (Å²) < 4.78 is 17.4. The van der Waals surface area contributed by atoms with Crippen LogP contribution in [0.5, 0.6) is 0 Å². The molecule has 0 spiro atoms. The summed E-state index contributed by atoms with van der Waals surface area (Å²) >= 11 is 0.